The summed E-state index contributed by atoms with van der Waals surface area (Å²) in [5.41, 5.74) is 8.82. The molecule has 1 aliphatic heterocycles. The first-order valence-electron chi connectivity index (χ1n) is 8.03. The largest absolute Gasteiger partial charge is 0.492 e. The van der Waals surface area contributed by atoms with Crippen LogP contribution in [0.1, 0.15) is 30.3 Å². The Hall–Kier alpha value is -2.25. The monoisotopic (exact) mass is 341 g/mol. The number of hydrogen-bond donors (Lipinski definition) is 1. The quantitative estimate of drug-likeness (QED) is 0.792. The fourth-order valence-corrected chi connectivity index (χ4v) is 3.92. The number of fused-ring (bicyclic) bond motifs is 3. The van der Waals surface area contributed by atoms with Gasteiger partial charge in [-0.05, 0) is 31.5 Å². The highest BCUT2D eigenvalue weighted by Crippen LogP contribution is 2.40. The number of ether oxygens (including phenoxy) is 1. The van der Waals surface area contributed by atoms with Gasteiger partial charge in [0.05, 0.1) is 12.3 Å². The molecule has 1 aromatic carbocycles. The number of benzene rings is 1. The minimum Gasteiger partial charge on any atom is -0.492 e. The van der Waals surface area contributed by atoms with Crippen LogP contribution in [0.4, 0.5) is 0 Å². The van der Waals surface area contributed by atoms with E-state index in [1.807, 2.05) is 16.8 Å². The van der Waals surface area contributed by atoms with Gasteiger partial charge in [0, 0.05) is 29.4 Å². The Balaban J connectivity index is 1.83. The van der Waals surface area contributed by atoms with Crippen molar-refractivity contribution in [1.82, 2.24) is 19.7 Å². The van der Waals surface area contributed by atoms with Crippen molar-refractivity contribution in [3.8, 4) is 27.8 Å². The maximum Gasteiger partial charge on any atom is 0.187 e. The molecule has 0 amide bonds. The van der Waals surface area contributed by atoms with Crippen molar-refractivity contribution < 1.29 is 4.74 Å². The van der Waals surface area contributed by atoms with Crippen LogP contribution in [-0.4, -0.2) is 26.4 Å². The molecule has 4 rings (SSSR count). The zero-order chi connectivity index (χ0) is 16.7. The van der Waals surface area contributed by atoms with Crippen molar-refractivity contribution in [1.29, 1.82) is 0 Å². The van der Waals surface area contributed by atoms with E-state index in [0.717, 1.165) is 39.8 Å². The van der Waals surface area contributed by atoms with E-state index in [1.54, 1.807) is 17.7 Å². The van der Waals surface area contributed by atoms with Crippen LogP contribution in [-0.2, 0) is 13.0 Å². The Morgan fingerprint density at radius 1 is 1.38 bits per heavy atom. The average Bonchev–Trinajstić information content (AvgIpc) is 3.18. The Labute approximate surface area is 144 Å². The Kier molecular flexibility index (Phi) is 3.82. The lowest BCUT2D eigenvalue weighted by Gasteiger charge is -2.09. The van der Waals surface area contributed by atoms with E-state index in [2.05, 4.69) is 30.0 Å². The van der Waals surface area contributed by atoms with Gasteiger partial charge in [0.2, 0.25) is 0 Å². The van der Waals surface area contributed by atoms with E-state index in [1.165, 1.54) is 4.88 Å². The molecule has 124 valence electrons. The number of hydrogen-bond acceptors (Lipinski definition) is 6. The minimum absolute atomic E-state index is 0.244. The van der Waals surface area contributed by atoms with E-state index in [0.29, 0.717) is 13.2 Å². The highest BCUT2D eigenvalue weighted by molar-refractivity contribution is 7.15. The maximum atomic E-state index is 5.90. The summed E-state index contributed by atoms with van der Waals surface area (Å²) >= 11 is 1.67. The third-order valence-corrected chi connectivity index (χ3v) is 5.19. The van der Waals surface area contributed by atoms with Gasteiger partial charge in [-0.3, -0.25) is 0 Å². The second-order valence-corrected chi connectivity index (χ2v) is 7.13. The van der Waals surface area contributed by atoms with E-state index in [9.17, 15) is 0 Å². The van der Waals surface area contributed by atoms with Crippen LogP contribution in [0.3, 0.4) is 0 Å². The molecule has 0 fully saturated rings. The van der Waals surface area contributed by atoms with Gasteiger partial charge in [0.1, 0.15) is 12.1 Å². The minimum atomic E-state index is 0.244. The zero-order valence-electron chi connectivity index (χ0n) is 13.7. The van der Waals surface area contributed by atoms with Crippen molar-refractivity contribution in [2.75, 3.05) is 6.61 Å². The van der Waals surface area contributed by atoms with Crippen LogP contribution in [0.15, 0.2) is 24.5 Å². The second-order valence-electron chi connectivity index (χ2n) is 6.05. The molecule has 7 heteroatoms. The Bertz CT molecular complexity index is 883. The molecule has 0 bridgehead atoms. The molecule has 3 heterocycles. The molecule has 0 aliphatic carbocycles. The molecule has 2 N–H and O–H groups in total. The summed E-state index contributed by atoms with van der Waals surface area (Å²) in [7, 11) is 0. The highest BCUT2D eigenvalue weighted by Gasteiger charge is 2.23. The summed E-state index contributed by atoms with van der Waals surface area (Å²) in [6.45, 7) is 5.33. The number of thiazole rings is 1. The van der Waals surface area contributed by atoms with Crippen LogP contribution < -0.4 is 10.5 Å². The van der Waals surface area contributed by atoms with Crippen LogP contribution in [0.2, 0.25) is 0 Å². The SMILES string of the molecule is CC(C)n1ncnc1-c1nc2c(s1)CCOc1cc(CN)ccc1-2. The number of rotatable bonds is 3. The van der Waals surface area contributed by atoms with Gasteiger partial charge in [0.15, 0.2) is 10.8 Å². The third kappa shape index (κ3) is 2.50. The van der Waals surface area contributed by atoms with Gasteiger partial charge in [-0.15, -0.1) is 11.3 Å². The van der Waals surface area contributed by atoms with Crippen LogP contribution in [0.25, 0.3) is 22.1 Å². The van der Waals surface area contributed by atoms with E-state index in [4.69, 9.17) is 15.5 Å². The van der Waals surface area contributed by atoms with E-state index < -0.39 is 0 Å². The second kappa shape index (κ2) is 5.99. The molecule has 0 unspecified atom stereocenters. The first-order valence-corrected chi connectivity index (χ1v) is 8.84. The number of nitrogens with zero attached hydrogens (tertiary/aromatic N) is 4. The summed E-state index contributed by atoms with van der Waals surface area (Å²) in [4.78, 5) is 10.5. The third-order valence-electron chi connectivity index (χ3n) is 4.07. The first-order chi connectivity index (χ1) is 11.7. The smallest absolute Gasteiger partial charge is 0.187 e. The lowest BCUT2D eigenvalue weighted by atomic mass is 10.1. The fourth-order valence-electron chi connectivity index (χ4n) is 2.87. The van der Waals surface area contributed by atoms with Gasteiger partial charge in [-0.25, -0.2) is 14.6 Å². The molecule has 3 aromatic rings. The molecule has 0 spiro atoms. The van der Waals surface area contributed by atoms with Gasteiger partial charge < -0.3 is 10.5 Å². The fraction of sp³-hybridized carbons (Fsp3) is 0.353. The Morgan fingerprint density at radius 3 is 3.04 bits per heavy atom. The normalized spacial score (nSPS) is 13.3. The van der Waals surface area contributed by atoms with Crippen LogP contribution in [0, 0.1) is 0 Å². The van der Waals surface area contributed by atoms with Crippen LogP contribution >= 0.6 is 11.3 Å². The molecule has 24 heavy (non-hydrogen) atoms. The van der Waals surface area contributed by atoms with Gasteiger partial charge in [0.25, 0.3) is 0 Å². The van der Waals surface area contributed by atoms with Crippen LogP contribution in [0.5, 0.6) is 5.75 Å². The van der Waals surface area contributed by atoms with Crippen molar-refractivity contribution >= 4 is 11.3 Å². The highest BCUT2D eigenvalue weighted by atomic mass is 32.1. The predicted molar refractivity (Wildman–Crippen MR) is 94.0 cm³/mol. The van der Waals surface area contributed by atoms with E-state index >= 15 is 0 Å². The maximum absolute atomic E-state index is 5.90. The predicted octanol–water partition coefficient (Wildman–Crippen LogP) is 3.04. The molecule has 2 aromatic heterocycles. The average molecular weight is 341 g/mol. The summed E-state index contributed by atoms with van der Waals surface area (Å²) < 4.78 is 7.81. The van der Waals surface area contributed by atoms with Gasteiger partial charge >= 0.3 is 0 Å². The van der Waals surface area contributed by atoms with Crippen molar-refractivity contribution in [3.63, 3.8) is 0 Å². The summed E-state index contributed by atoms with van der Waals surface area (Å²) in [5.74, 6) is 1.68. The summed E-state index contributed by atoms with van der Waals surface area (Å²) in [5, 5.41) is 5.22. The summed E-state index contributed by atoms with van der Waals surface area (Å²) in [6, 6.07) is 6.35. The first kappa shape index (κ1) is 15.3. The van der Waals surface area contributed by atoms with E-state index in [-0.39, 0.29) is 6.04 Å². The van der Waals surface area contributed by atoms with Crippen molar-refractivity contribution in [2.45, 2.75) is 32.9 Å². The van der Waals surface area contributed by atoms with Gasteiger partial charge in [-0.2, -0.15) is 5.10 Å². The number of aromatic nitrogens is 4. The lowest BCUT2D eigenvalue weighted by molar-refractivity contribution is 0.327. The topological polar surface area (TPSA) is 78.8 Å². The zero-order valence-corrected chi connectivity index (χ0v) is 14.5. The van der Waals surface area contributed by atoms with Crippen molar-refractivity contribution in [3.05, 3.63) is 35.0 Å². The molecule has 1 aliphatic rings. The molecule has 6 nitrogen and oxygen atoms in total. The lowest BCUT2D eigenvalue weighted by Crippen LogP contribution is -2.05. The molecular weight excluding hydrogens is 322 g/mol. The standard InChI is InChI=1S/C17H19N5OS/c1-10(2)22-16(19-9-20-22)17-21-15-12-4-3-11(8-18)7-13(12)23-6-5-14(15)24-17/h3-4,7,9-10H,5-6,8,18H2,1-2H3. The molecule has 0 saturated heterocycles. The molecular formula is C17H19N5OS. The molecule has 0 atom stereocenters. The Morgan fingerprint density at radius 2 is 2.25 bits per heavy atom. The molecule has 0 radical (unpaired) electrons. The molecule has 0 saturated carbocycles. The summed E-state index contributed by atoms with van der Waals surface area (Å²) in [6.07, 6.45) is 2.43. The van der Waals surface area contributed by atoms with Crippen molar-refractivity contribution in [2.24, 2.45) is 5.73 Å². The van der Waals surface area contributed by atoms with Gasteiger partial charge in [-0.1, -0.05) is 6.07 Å². The number of nitrogens with two attached hydrogens (primary N) is 1.